The molecule has 0 aromatic heterocycles. The second kappa shape index (κ2) is 2.97. The van der Waals surface area contributed by atoms with Crippen LogP contribution in [-0.4, -0.2) is 5.11 Å². The maximum atomic E-state index is 9.77. The number of nitrogens with two attached hydrogens (primary N) is 1. The Hall–Kier alpha value is -1.06. The molecule has 1 aromatic carbocycles. The topological polar surface area (TPSA) is 55.5 Å². The summed E-state index contributed by atoms with van der Waals surface area (Å²) in [5.74, 6) is 0.266. The van der Waals surface area contributed by atoms with E-state index >= 15 is 0 Å². The molecule has 3 nitrogen and oxygen atoms in total. The molecule has 76 valence electrons. The minimum atomic E-state index is -0.525. The predicted molar refractivity (Wildman–Crippen MR) is 53.8 cm³/mol. The summed E-state index contributed by atoms with van der Waals surface area (Å²) in [5.41, 5.74) is 8.49. The maximum absolute atomic E-state index is 9.77. The third kappa shape index (κ3) is 1.38. The first kappa shape index (κ1) is 9.49. The molecule has 1 aromatic rings. The first-order valence-corrected chi connectivity index (χ1v) is 4.71. The smallest absolute Gasteiger partial charge is 0.120 e. The SMILES string of the molecule is CC(C)(N)c1c(O)ccc2c1COC2. The average Bonchev–Trinajstić information content (AvgIpc) is 2.48. The summed E-state index contributed by atoms with van der Waals surface area (Å²) in [6.45, 7) is 4.96. The molecule has 3 N–H and O–H groups in total. The molecule has 1 aliphatic heterocycles. The number of benzene rings is 1. The minimum absolute atomic E-state index is 0.266. The number of rotatable bonds is 1. The lowest BCUT2D eigenvalue weighted by molar-refractivity contribution is 0.133. The number of aromatic hydroxyl groups is 1. The van der Waals surface area contributed by atoms with Gasteiger partial charge in [0, 0.05) is 11.1 Å². The zero-order chi connectivity index (χ0) is 10.3. The van der Waals surface area contributed by atoms with Crippen LogP contribution in [0.3, 0.4) is 0 Å². The van der Waals surface area contributed by atoms with Gasteiger partial charge in [-0.05, 0) is 31.0 Å². The molecular formula is C11H15NO2. The van der Waals surface area contributed by atoms with Crippen molar-refractivity contribution in [1.29, 1.82) is 0 Å². The minimum Gasteiger partial charge on any atom is -0.508 e. The molecule has 0 bridgehead atoms. The van der Waals surface area contributed by atoms with E-state index in [1.807, 2.05) is 19.9 Å². The number of phenols is 1. The summed E-state index contributed by atoms with van der Waals surface area (Å²) in [5, 5.41) is 9.77. The molecule has 0 aliphatic carbocycles. The molecule has 0 unspecified atom stereocenters. The molecule has 1 aliphatic rings. The molecule has 1 heterocycles. The first-order chi connectivity index (χ1) is 6.50. The molecule has 0 fully saturated rings. The normalized spacial score (nSPS) is 15.6. The molecule has 0 atom stereocenters. The van der Waals surface area contributed by atoms with E-state index in [-0.39, 0.29) is 5.75 Å². The lowest BCUT2D eigenvalue weighted by Gasteiger charge is -2.23. The van der Waals surface area contributed by atoms with Gasteiger partial charge in [0.2, 0.25) is 0 Å². The summed E-state index contributed by atoms with van der Waals surface area (Å²) in [6.07, 6.45) is 0. The Morgan fingerprint density at radius 1 is 1.36 bits per heavy atom. The molecule has 2 rings (SSSR count). The Bertz CT molecular complexity index is 366. The van der Waals surface area contributed by atoms with Gasteiger partial charge in [-0.3, -0.25) is 0 Å². The van der Waals surface area contributed by atoms with Crippen LogP contribution in [0.1, 0.15) is 30.5 Å². The van der Waals surface area contributed by atoms with Crippen molar-refractivity contribution in [2.24, 2.45) is 5.73 Å². The summed E-state index contributed by atoms with van der Waals surface area (Å²) in [6, 6.07) is 3.59. The van der Waals surface area contributed by atoms with Crippen LogP contribution in [0, 0.1) is 0 Å². The van der Waals surface area contributed by atoms with E-state index < -0.39 is 5.54 Å². The van der Waals surface area contributed by atoms with Crippen LogP contribution in [0.15, 0.2) is 12.1 Å². The highest BCUT2D eigenvalue weighted by atomic mass is 16.5. The van der Waals surface area contributed by atoms with Crippen LogP contribution in [0.2, 0.25) is 0 Å². The molecule has 0 spiro atoms. The van der Waals surface area contributed by atoms with Crippen LogP contribution < -0.4 is 5.73 Å². The van der Waals surface area contributed by atoms with E-state index in [2.05, 4.69) is 0 Å². The molecule has 3 heteroatoms. The second-order valence-electron chi connectivity index (χ2n) is 4.31. The molecule has 0 saturated heterocycles. The Labute approximate surface area is 83.5 Å². The Morgan fingerprint density at radius 3 is 2.71 bits per heavy atom. The van der Waals surface area contributed by atoms with E-state index in [1.165, 1.54) is 0 Å². The van der Waals surface area contributed by atoms with Gasteiger partial charge < -0.3 is 15.6 Å². The highest BCUT2D eigenvalue weighted by molar-refractivity contribution is 5.48. The molecule has 14 heavy (non-hydrogen) atoms. The Kier molecular flexibility index (Phi) is 2.01. The highest BCUT2D eigenvalue weighted by Gasteiger charge is 2.26. The molecule has 0 saturated carbocycles. The number of fused-ring (bicyclic) bond motifs is 1. The van der Waals surface area contributed by atoms with Gasteiger partial charge in [0.15, 0.2) is 0 Å². The Balaban J connectivity index is 2.63. The van der Waals surface area contributed by atoms with Gasteiger partial charge >= 0.3 is 0 Å². The fraction of sp³-hybridized carbons (Fsp3) is 0.455. The largest absolute Gasteiger partial charge is 0.508 e. The van der Waals surface area contributed by atoms with Crippen LogP contribution >= 0.6 is 0 Å². The van der Waals surface area contributed by atoms with Crippen molar-refractivity contribution < 1.29 is 9.84 Å². The number of hydrogen-bond acceptors (Lipinski definition) is 3. The van der Waals surface area contributed by atoms with Crippen molar-refractivity contribution in [2.75, 3.05) is 0 Å². The van der Waals surface area contributed by atoms with Crippen LogP contribution in [0.25, 0.3) is 0 Å². The quantitative estimate of drug-likeness (QED) is 0.712. The van der Waals surface area contributed by atoms with Gasteiger partial charge in [-0.2, -0.15) is 0 Å². The predicted octanol–water partition coefficient (Wildman–Crippen LogP) is 1.62. The third-order valence-electron chi connectivity index (χ3n) is 2.54. The van der Waals surface area contributed by atoms with Crippen LogP contribution in [-0.2, 0) is 23.5 Å². The van der Waals surface area contributed by atoms with E-state index in [1.54, 1.807) is 6.07 Å². The van der Waals surface area contributed by atoms with Crippen molar-refractivity contribution in [3.8, 4) is 5.75 Å². The van der Waals surface area contributed by atoms with Crippen LogP contribution in [0.4, 0.5) is 0 Å². The van der Waals surface area contributed by atoms with Crippen molar-refractivity contribution in [3.05, 3.63) is 28.8 Å². The Morgan fingerprint density at radius 2 is 2.07 bits per heavy atom. The zero-order valence-corrected chi connectivity index (χ0v) is 8.50. The summed E-state index contributed by atoms with van der Waals surface area (Å²) in [4.78, 5) is 0. The summed E-state index contributed by atoms with van der Waals surface area (Å²) >= 11 is 0. The first-order valence-electron chi connectivity index (χ1n) is 4.71. The maximum Gasteiger partial charge on any atom is 0.120 e. The van der Waals surface area contributed by atoms with Gasteiger partial charge in [-0.25, -0.2) is 0 Å². The van der Waals surface area contributed by atoms with Crippen molar-refractivity contribution in [3.63, 3.8) is 0 Å². The van der Waals surface area contributed by atoms with E-state index in [0.717, 1.165) is 16.7 Å². The number of phenolic OH excluding ortho intramolecular Hbond substituents is 1. The van der Waals surface area contributed by atoms with Crippen molar-refractivity contribution in [2.45, 2.75) is 32.6 Å². The summed E-state index contributed by atoms with van der Waals surface area (Å²) in [7, 11) is 0. The number of hydrogen-bond donors (Lipinski definition) is 2. The number of ether oxygens (including phenoxy) is 1. The molecule has 0 radical (unpaired) electrons. The molecular weight excluding hydrogens is 178 g/mol. The summed E-state index contributed by atoms with van der Waals surface area (Å²) < 4.78 is 5.34. The van der Waals surface area contributed by atoms with Crippen molar-refractivity contribution in [1.82, 2.24) is 0 Å². The lowest BCUT2D eigenvalue weighted by Crippen LogP contribution is -2.30. The lowest BCUT2D eigenvalue weighted by atomic mass is 9.88. The van der Waals surface area contributed by atoms with Gasteiger partial charge in [-0.15, -0.1) is 0 Å². The van der Waals surface area contributed by atoms with Gasteiger partial charge in [-0.1, -0.05) is 6.07 Å². The van der Waals surface area contributed by atoms with Gasteiger partial charge in [0.1, 0.15) is 5.75 Å². The van der Waals surface area contributed by atoms with Gasteiger partial charge in [0.05, 0.1) is 13.2 Å². The molecule has 0 amide bonds. The fourth-order valence-electron chi connectivity index (χ4n) is 1.96. The second-order valence-corrected chi connectivity index (χ2v) is 4.31. The third-order valence-corrected chi connectivity index (χ3v) is 2.54. The monoisotopic (exact) mass is 193 g/mol. The zero-order valence-electron chi connectivity index (χ0n) is 8.50. The van der Waals surface area contributed by atoms with E-state index in [9.17, 15) is 5.11 Å². The fourth-order valence-corrected chi connectivity index (χ4v) is 1.96. The van der Waals surface area contributed by atoms with Gasteiger partial charge in [0.25, 0.3) is 0 Å². The van der Waals surface area contributed by atoms with Crippen LogP contribution in [0.5, 0.6) is 5.75 Å². The van der Waals surface area contributed by atoms with E-state index in [4.69, 9.17) is 10.5 Å². The standard InChI is InChI=1S/C11H15NO2/c1-11(2,12)10-8-6-14-5-7(8)3-4-9(10)13/h3-4,13H,5-6,12H2,1-2H3. The average molecular weight is 193 g/mol. The van der Waals surface area contributed by atoms with E-state index in [0.29, 0.717) is 13.2 Å². The highest BCUT2D eigenvalue weighted by Crippen LogP contribution is 2.35. The van der Waals surface area contributed by atoms with Crippen molar-refractivity contribution >= 4 is 0 Å².